The first kappa shape index (κ1) is 14.5. The first-order chi connectivity index (χ1) is 9.65. The third kappa shape index (κ3) is 3.17. The predicted molar refractivity (Wildman–Crippen MR) is 83.0 cm³/mol. The fourth-order valence-electron chi connectivity index (χ4n) is 2.02. The number of hydrogen-bond acceptors (Lipinski definition) is 3. The van der Waals surface area contributed by atoms with Gasteiger partial charge in [-0.1, -0.05) is 29.8 Å². The summed E-state index contributed by atoms with van der Waals surface area (Å²) >= 11 is 6.15. The van der Waals surface area contributed by atoms with E-state index in [1.807, 2.05) is 42.5 Å². The molecule has 0 heterocycles. The van der Waals surface area contributed by atoms with Gasteiger partial charge in [-0.05, 0) is 36.8 Å². The van der Waals surface area contributed by atoms with Gasteiger partial charge in [-0.25, -0.2) is 0 Å². The Labute approximate surface area is 124 Å². The van der Waals surface area contributed by atoms with Gasteiger partial charge in [-0.3, -0.25) is 0 Å². The van der Waals surface area contributed by atoms with E-state index in [0.29, 0.717) is 5.02 Å². The summed E-state index contributed by atoms with van der Waals surface area (Å²) in [5, 5.41) is 4.10. The first-order valence-electron chi connectivity index (χ1n) is 6.38. The van der Waals surface area contributed by atoms with Crippen LogP contribution in [0.3, 0.4) is 0 Å². The van der Waals surface area contributed by atoms with Crippen LogP contribution in [0, 0.1) is 0 Å². The normalized spacial score (nSPS) is 11.8. The number of hydrogen-bond donors (Lipinski definition) is 1. The molecule has 0 saturated carbocycles. The average molecular weight is 292 g/mol. The summed E-state index contributed by atoms with van der Waals surface area (Å²) in [5.74, 6) is 1.44. The van der Waals surface area contributed by atoms with E-state index in [1.54, 1.807) is 14.2 Å². The monoisotopic (exact) mass is 291 g/mol. The third-order valence-corrected chi connectivity index (χ3v) is 3.48. The second-order valence-corrected chi connectivity index (χ2v) is 4.87. The van der Waals surface area contributed by atoms with Gasteiger partial charge in [0, 0.05) is 6.04 Å². The molecule has 2 aromatic carbocycles. The van der Waals surface area contributed by atoms with Gasteiger partial charge in [0.1, 0.15) is 0 Å². The lowest BCUT2D eigenvalue weighted by Gasteiger charge is -2.18. The predicted octanol–water partition coefficient (Wildman–Crippen LogP) is 4.53. The minimum absolute atomic E-state index is 0.106. The van der Waals surface area contributed by atoms with E-state index in [9.17, 15) is 0 Å². The molecule has 0 aliphatic heterocycles. The summed E-state index contributed by atoms with van der Waals surface area (Å²) in [5.41, 5.74) is 2.01. The Morgan fingerprint density at radius 3 is 2.35 bits per heavy atom. The van der Waals surface area contributed by atoms with Gasteiger partial charge in [0.25, 0.3) is 0 Å². The van der Waals surface area contributed by atoms with Gasteiger partial charge in [-0.2, -0.15) is 0 Å². The van der Waals surface area contributed by atoms with E-state index in [0.717, 1.165) is 22.7 Å². The summed E-state index contributed by atoms with van der Waals surface area (Å²) in [6, 6.07) is 13.7. The maximum Gasteiger partial charge on any atom is 0.161 e. The molecule has 0 aliphatic carbocycles. The molecule has 4 heteroatoms. The Bertz CT molecular complexity index is 586. The quantitative estimate of drug-likeness (QED) is 0.878. The van der Waals surface area contributed by atoms with Crippen LogP contribution < -0.4 is 14.8 Å². The molecular formula is C16H18ClNO2. The molecule has 1 N–H and O–H groups in total. The van der Waals surface area contributed by atoms with Crippen molar-refractivity contribution in [1.29, 1.82) is 0 Å². The van der Waals surface area contributed by atoms with Crippen LogP contribution in [0.4, 0.5) is 5.69 Å². The second kappa shape index (κ2) is 6.53. The van der Waals surface area contributed by atoms with Crippen molar-refractivity contribution in [1.82, 2.24) is 0 Å². The van der Waals surface area contributed by atoms with Crippen LogP contribution in [0.1, 0.15) is 18.5 Å². The molecule has 0 saturated heterocycles. The summed E-state index contributed by atoms with van der Waals surface area (Å²) in [6.45, 7) is 2.07. The number of benzene rings is 2. The maximum absolute atomic E-state index is 6.15. The van der Waals surface area contributed by atoms with Crippen LogP contribution in [-0.4, -0.2) is 14.2 Å². The van der Waals surface area contributed by atoms with Crippen LogP contribution in [0.15, 0.2) is 42.5 Å². The standard InChI is InChI=1S/C16H18ClNO2/c1-11(18-14-7-5-4-6-13(14)17)12-8-9-15(19-2)16(10-12)20-3/h4-11,18H,1-3H3. The highest BCUT2D eigenvalue weighted by atomic mass is 35.5. The van der Waals surface area contributed by atoms with Crippen molar-refractivity contribution in [3.8, 4) is 11.5 Å². The number of rotatable bonds is 5. The van der Waals surface area contributed by atoms with E-state index < -0.39 is 0 Å². The highest BCUT2D eigenvalue weighted by Gasteiger charge is 2.11. The molecule has 2 aromatic rings. The van der Waals surface area contributed by atoms with Crippen molar-refractivity contribution in [3.05, 3.63) is 53.1 Å². The van der Waals surface area contributed by atoms with Gasteiger partial charge < -0.3 is 14.8 Å². The lowest BCUT2D eigenvalue weighted by molar-refractivity contribution is 0.354. The topological polar surface area (TPSA) is 30.5 Å². The van der Waals surface area contributed by atoms with E-state index >= 15 is 0 Å². The lowest BCUT2D eigenvalue weighted by atomic mass is 10.1. The molecular weight excluding hydrogens is 274 g/mol. The molecule has 1 unspecified atom stereocenters. The summed E-state index contributed by atoms with van der Waals surface area (Å²) in [7, 11) is 3.26. The van der Waals surface area contributed by atoms with E-state index in [4.69, 9.17) is 21.1 Å². The summed E-state index contributed by atoms with van der Waals surface area (Å²) < 4.78 is 10.6. The minimum atomic E-state index is 0.106. The zero-order chi connectivity index (χ0) is 14.5. The Balaban J connectivity index is 2.21. The molecule has 2 rings (SSSR count). The van der Waals surface area contributed by atoms with Gasteiger partial charge in [-0.15, -0.1) is 0 Å². The molecule has 0 amide bonds. The molecule has 106 valence electrons. The molecule has 3 nitrogen and oxygen atoms in total. The number of methoxy groups -OCH3 is 2. The van der Waals surface area contributed by atoms with E-state index in [-0.39, 0.29) is 6.04 Å². The van der Waals surface area contributed by atoms with Crippen molar-refractivity contribution < 1.29 is 9.47 Å². The highest BCUT2D eigenvalue weighted by Crippen LogP contribution is 2.32. The Kier molecular flexibility index (Phi) is 4.74. The number of nitrogens with one attached hydrogen (secondary N) is 1. The van der Waals surface area contributed by atoms with Crippen LogP contribution in [-0.2, 0) is 0 Å². The van der Waals surface area contributed by atoms with Gasteiger partial charge in [0.05, 0.1) is 24.9 Å². The van der Waals surface area contributed by atoms with Crippen LogP contribution >= 0.6 is 11.6 Å². The van der Waals surface area contributed by atoms with Crippen molar-refractivity contribution in [3.63, 3.8) is 0 Å². The zero-order valence-corrected chi connectivity index (χ0v) is 12.6. The van der Waals surface area contributed by atoms with Gasteiger partial charge >= 0.3 is 0 Å². The molecule has 1 atom stereocenters. The Hall–Kier alpha value is -1.87. The molecule has 0 aromatic heterocycles. The van der Waals surface area contributed by atoms with Gasteiger partial charge in [0.15, 0.2) is 11.5 Å². The number of ether oxygens (including phenoxy) is 2. The fourth-order valence-corrected chi connectivity index (χ4v) is 2.21. The van der Waals surface area contributed by atoms with Crippen molar-refractivity contribution >= 4 is 17.3 Å². The molecule has 0 radical (unpaired) electrons. The van der Waals surface area contributed by atoms with Gasteiger partial charge in [0.2, 0.25) is 0 Å². The molecule has 0 spiro atoms. The molecule has 0 bridgehead atoms. The second-order valence-electron chi connectivity index (χ2n) is 4.46. The summed E-state index contributed by atoms with van der Waals surface area (Å²) in [6.07, 6.45) is 0. The molecule has 0 aliphatic rings. The zero-order valence-electron chi connectivity index (χ0n) is 11.8. The van der Waals surface area contributed by atoms with Crippen LogP contribution in [0.25, 0.3) is 0 Å². The minimum Gasteiger partial charge on any atom is -0.493 e. The average Bonchev–Trinajstić information content (AvgIpc) is 2.48. The smallest absolute Gasteiger partial charge is 0.161 e. The van der Waals surface area contributed by atoms with Crippen LogP contribution in [0.2, 0.25) is 5.02 Å². The molecule has 20 heavy (non-hydrogen) atoms. The van der Waals surface area contributed by atoms with Crippen LogP contribution in [0.5, 0.6) is 11.5 Å². The number of anilines is 1. The SMILES string of the molecule is COc1ccc(C(C)Nc2ccccc2Cl)cc1OC. The van der Waals surface area contributed by atoms with E-state index in [2.05, 4.69) is 12.2 Å². The Morgan fingerprint density at radius 2 is 1.70 bits per heavy atom. The number of para-hydroxylation sites is 1. The van der Waals surface area contributed by atoms with Crippen molar-refractivity contribution in [2.75, 3.05) is 19.5 Å². The summed E-state index contributed by atoms with van der Waals surface area (Å²) in [4.78, 5) is 0. The van der Waals surface area contributed by atoms with E-state index in [1.165, 1.54) is 0 Å². The highest BCUT2D eigenvalue weighted by molar-refractivity contribution is 6.33. The first-order valence-corrected chi connectivity index (χ1v) is 6.76. The number of halogens is 1. The maximum atomic E-state index is 6.15. The van der Waals surface area contributed by atoms with Crippen molar-refractivity contribution in [2.45, 2.75) is 13.0 Å². The lowest BCUT2D eigenvalue weighted by Crippen LogP contribution is -2.07. The largest absolute Gasteiger partial charge is 0.493 e. The third-order valence-electron chi connectivity index (χ3n) is 3.15. The Morgan fingerprint density at radius 1 is 1.00 bits per heavy atom. The fraction of sp³-hybridized carbons (Fsp3) is 0.250. The molecule has 0 fully saturated rings. The van der Waals surface area contributed by atoms with Crippen molar-refractivity contribution in [2.24, 2.45) is 0 Å².